The number of carbonyl (C=O) groups excluding carboxylic acids is 1. The summed E-state index contributed by atoms with van der Waals surface area (Å²) in [6.45, 7) is 7.03. The van der Waals surface area contributed by atoms with E-state index in [0.717, 1.165) is 39.7 Å². The fourth-order valence-electron chi connectivity index (χ4n) is 2.25. The maximum atomic E-state index is 11.2. The van der Waals surface area contributed by atoms with Crippen molar-refractivity contribution >= 4 is 6.29 Å². The Bertz CT molecular complexity index is 389. The standard InChI is InChI=1S/C14H20O3/c1-9-12(6-15)10(2)14(8-17-5)11(3)13(9)7-16-4/h6H,7-8H2,1-5H3. The van der Waals surface area contributed by atoms with E-state index in [2.05, 4.69) is 6.92 Å². The van der Waals surface area contributed by atoms with Crippen LogP contribution in [0.2, 0.25) is 0 Å². The Morgan fingerprint density at radius 3 is 1.59 bits per heavy atom. The third kappa shape index (κ3) is 2.56. The van der Waals surface area contributed by atoms with Crippen molar-refractivity contribution in [3.05, 3.63) is 33.4 Å². The molecule has 0 saturated heterocycles. The Labute approximate surface area is 103 Å². The zero-order valence-electron chi connectivity index (χ0n) is 11.2. The molecule has 0 aliphatic heterocycles. The van der Waals surface area contributed by atoms with E-state index in [1.54, 1.807) is 14.2 Å². The molecule has 0 amide bonds. The number of carbonyl (C=O) groups is 1. The first-order valence-electron chi connectivity index (χ1n) is 5.63. The summed E-state index contributed by atoms with van der Waals surface area (Å²) in [7, 11) is 3.32. The van der Waals surface area contributed by atoms with Crippen molar-refractivity contribution < 1.29 is 14.3 Å². The summed E-state index contributed by atoms with van der Waals surface area (Å²) in [5.41, 5.74) is 6.12. The molecule has 0 unspecified atom stereocenters. The summed E-state index contributed by atoms with van der Waals surface area (Å²) in [5, 5.41) is 0. The van der Waals surface area contributed by atoms with Crippen molar-refractivity contribution in [3.63, 3.8) is 0 Å². The van der Waals surface area contributed by atoms with Crippen LogP contribution in [0.1, 0.15) is 38.2 Å². The molecule has 0 atom stereocenters. The molecule has 0 aliphatic rings. The second-order valence-corrected chi connectivity index (χ2v) is 4.23. The van der Waals surface area contributed by atoms with Gasteiger partial charge < -0.3 is 9.47 Å². The Hall–Kier alpha value is -1.19. The molecule has 0 aromatic heterocycles. The molecule has 3 heteroatoms. The van der Waals surface area contributed by atoms with Gasteiger partial charge in [-0.3, -0.25) is 4.79 Å². The van der Waals surface area contributed by atoms with Crippen LogP contribution in [-0.2, 0) is 22.7 Å². The highest BCUT2D eigenvalue weighted by molar-refractivity contribution is 5.81. The van der Waals surface area contributed by atoms with Gasteiger partial charge in [0.05, 0.1) is 13.2 Å². The molecule has 0 aliphatic carbocycles. The average Bonchev–Trinajstić information content (AvgIpc) is 2.31. The predicted octanol–water partition coefficient (Wildman–Crippen LogP) is 2.72. The quantitative estimate of drug-likeness (QED) is 0.737. The lowest BCUT2D eigenvalue weighted by Gasteiger charge is -2.19. The van der Waals surface area contributed by atoms with Crippen molar-refractivity contribution in [1.29, 1.82) is 0 Å². The first kappa shape index (κ1) is 13.9. The van der Waals surface area contributed by atoms with Gasteiger partial charge in [-0.2, -0.15) is 0 Å². The fraction of sp³-hybridized carbons (Fsp3) is 0.500. The first-order valence-corrected chi connectivity index (χ1v) is 5.63. The largest absolute Gasteiger partial charge is 0.380 e. The van der Waals surface area contributed by atoms with Crippen LogP contribution >= 0.6 is 0 Å². The van der Waals surface area contributed by atoms with Gasteiger partial charge in [-0.25, -0.2) is 0 Å². The summed E-state index contributed by atoms with van der Waals surface area (Å²) in [6, 6.07) is 0. The normalized spacial score (nSPS) is 10.6. The predicted molar refractivity (Wildman–Crippen MR) is 67.5 cm³/mol. The zero-order chi connectivity index (χ0) is 13.0. The van der Waals surface area contributed by atoms with Crippen molar-refractivity contribution in [2.75, 3.05) is 14.2 Å². The SMILES string of the molecule is COCc1c(C)c(C=O)c(C)c(COC)c1C. The molecule has 1 rings (SSSR count). The van der Waals surface area contributed by atoms with Gasteiger partial charge in [-0.1, -0.05) is 0 Å². The molecule has 1 aromatic carbocycles. The second-order valence-electron chi connectivity index (χ2n) is 4.23. The van der Waals surface area contributed by atoms with Gasteiger partial charge in [-0.05, 0) is 48.6 Å². The van der Waals surface area contributed by atoms with Gasteiger partial charge in [0.25, 0.3) is 0 Å². The van der Waals surface area contributed by atoms with Crippen molar-refractivity contribution in [2.45, 2.75) is 34.0 Å². The second kappa shape index (κ2) is 5.94. The summed E-state index contributed by atoms with van der Waals surface area (Å²) in [4.78, 5) is 11.2. The van der Waals surface area contributed by atoms with Gasteiger partial charge in [0, 0.05) is 19.8 Å². The number of rotatable bonds is 5. The molecule has 0 spiro atoms. The van der Waals surface area contributed by atoms with Gasteiger partial charge in [0.1, 0.15) is 0 Å². The Morgan fingerprint density at radius 1 is 0.882 bits per heavy atom. The maximum absolute atomic E-state index is 11.2. The number of methoxy groups -OCH3 is 2. The van der Waals surface area contributed by atoms with E-state index in [4.69, 9.17) is 9.47 Å². The van der Waals surface area contributed by atoms with Crippen LogP contribution in [0.5, 0.6) is 0 Å². The van der Waals surface area contributed by atoms with Crippen LogP contribution in [0, 0.1) is 20.8 Å². The minimum Gasteiger partial charge on any atom is -0.380 e. The van der Waals surface area contributed by atoms with Crippen LogP contribution in [0.15, 0.2) is 0 Å². The molecular formula is C14H20O3. The van der Waals surface area contributed by atoms with Crippen LogP contribution < -0.4 is 0 Å². The Morgan fingerprint density at radius 2 is 1.29 bits per heavy atom. The molecule has 1 aromatic rings. The summed E-state index contributed by atoms with van der Waals surface area (Å²) < 4.78 is 10.4. The highest BCUT2D eigenvalue weighted by atomic mass is 16.5. The molecule has 17 heavy (non-hydrogen) atoms. The highest BCUT2D eigenvalue weighted by Gasteiger charge is 2.16. The summed E-state index contributed by atoms with van der Waals surface area (Å²) >= 11 is 0. The molecule has 0 fully saturated rings. The maximum Gasteiger partial charge on any atom is 0.150 e. The van der Waals surface area contributed by atoms with E-state index in [9.17, 15) is 4.79 Å². The number of benzene rings is 1. The lowest BCUT2D eigenvalue weighted by Crippen LogP contribution is -2.08. The van der Waals surface area contributed by atoms with Gasteiger partial charge in [0.2, 0.25) is 0 Å². The monoisotopic (exact) mass is 236 g/mol. The van der Waals surface area contributed by atoms with Crippen LogP contribution in [0.3, 0.4) is 0 Å². The number of aldehydes is 1. The van der Waals surface area contributed by atoms with E-state index in [0.29, 0.717) is 13.2 Å². The Balaban J connectivity index is 3.50. The van der Waals surface area contributed by atoms with Gasteiger partial charge in [0.15, 0.2) is 6.29 Å². The van der Waals surface area contributed by atoms with E-state index < -0.39 is 0 Å². The molecule has 94 valence electrons. The van der Waals surface area contributed by atoms with Gasteiger partial charge >= 0.3 is 0 Å². The lowest BCUT2D eigenvalue weighted by molar-refractivity contribution is 0.112. The Kier molecular flexibility index (Phi) is 4.85. The topological polar surface area (TPSA) is 35.5 Å². The van der Waals surface area contributed by atoms with Crippen LogP contribution in [-0.4, -0.2) is 20.5 Å². The molecular weight excluding hydrogens is 216 g/mol. The van der Waals surface area contributed by atoms with Crippen molar-refractivity contribution in [3.8, 4) is 0 Å². The zero-order valence-corrected chi connectivity index (χ0v) is 11.2. The van der Waals surface area contributed by atoms with Crippen molar-refractivity contribution in [1.82, 2.24) is 0 Å². The third-order valence-electron chi connectivity index (χ3n) is 3.31. The number of hydrogen-bond donors (Lipinski definition) is 0. The van der Waals surface area contributed by atoms with Crippen LogP contribution in [0.25, 0.3) is 0 Å². The lowest BCUT2D eigenvalue weighted by atomic mass is 9.89. The minimum atomic E-state index is 0.523. The van der Waals surface area contributed by atoms with Gasteiger partial charge in [-0.15, -0.1) is 0 Å². The first-order chi connectivity index (χ1) is 8.08. The fourth-order valence-corrected chi connectivity index (χ4v) is 2.25. The van der Waals surface area contributed by atoms with E-state index in [1.165, 1.54) is 0 Å². The summed E-state index contributed by atoms with van der Waals surface area (Å²) in [6.07, 6.45) is 0.919. The third-order valence-corrected chi connectivity index (χ3v) is 3.31. The van der Waals surface area contributed by atoms with E-state index >= 15 is 0 Å². The minimum absolute atomic E-state index is 0.523. The molecule has 3 nitrogen and oxygen atoms in total. The van der Waals surface area contributed by atoms with E-state index in [1.807, 2.05) is 13.8 Å². The summed E-state index contributed by atoms with van der Waals surface area (Å²) in [5.74, 6) is 0. The molecule has 0 bridgehead atoms. The number of hydrogen-bond acceptors (Lipinski definition) is 3. The molecule has 0 saturated carbocycles. The average molecular weight is 236 g/mol. The van der Waals surface area contributed by atoms with E-state index in [-0.39, 0.29) is 0 Å². The molecule has 0 heterocycles. The molecule has 0 radical (unpaired) electrons. The smallest absolute Gasteiger partial charge is 0.150 e. The highest BCUT2D eigenvalue weighted by Crippen LogP contribution is 2.27. The number of ether oxygens (including phenoxy) is 2. The molecule has 0 N–H and O–H groups in total. The van der Waals surface area contributed by atoms with Crippen molar-refractivity contribution in [2.24, 2.45) is 0 Å². The van der Waals surface area contributed by atoms with Crippen LogP contribution in [0.4, 0.5) is 0 Å².